The van der Waals surface area contributed by atoms with Crippen LogP contribution in [0, 0.1) is 6.17 Å². The molecule has 0 bridgehead atoms. The van der Waals surface area contributed by atoms with Crippen molar-refractivity contribution in [3.63, 3.8) is 0 Å². The third kappa shape index (κ3) is 3.98. The summed E-state index contributed by atoms with van der Waals surface area (Å²) < 4.78 is 5.74. The Morgan fingerprint density at radius 3 is 2.48 bits per heavy atom. The van der Waals surface area contributed by atoms with Crippen LogP contribution in [0.1, 0.15) is 15.9 Å². The number of halogens is 1. The van der Waals surface area contributed by atoms with Crippen molar-refractivity contribution < 1.29 is 19.8 Å². The van der Waals surface area contributed by atoms with Crippen LogP contribution in [-0.2, 0) is 4.84 Å². The van der Waals surface area contributed by atoms with Crippen LogP contribution < -0.4 is 16.0 Å². The molecule has 0 aliphatic rings. The topological polar surface area (TPSA) is 78.2 Å². The monoisotopic (exact) mass is 350 g/mol. The molecule has 0 atom stereocenters. The molecule has 2 rings (SSSR count). The van der Waals surface area contributed by atoms with Gasteiger partial charge in [-0.2, -0.15) is 17.6 Å². The molecule has 0 amide bonds. The van der Waals surface area contributed by atoms with Gasteiger partial charge in [0.1, 0.15) is 6.17 Å². The lowest BCUT2D eigenvalue weighted by Gasteiger charge is -2.16. The fourth-order valence-corrected chi connectivity index (χ4v) is 2.11. The number of hydrogen-bond acceptors (Lipinski definition) is 4. The average molecular weight is 351 g/mol. The van der Waals surface area contributed by atoms with Crippen LogP contribution in [0.2, 0.25) is 0 Å². The summed E-state index contributed by atoms with van der Waals surface area (Å²) in [7, 11) is 1.59. The Morgan fingerprint density at radius 1 is 1.19 bits per heavy atom. The lowest BCUT2D eigenvalue weighted by molar-refractivity contribution is -0.855. The summed E-state index contributed by atoms with van der Waals surface area (Å²) in [6.07, 6.45) is 0.359. The molecule has 2 aromatic carbocycles. The maximum absolute atomic E-state index is 11.9. The summed E-state index contributed by atoms with van der Waals surface area (Å²) in [5, 5.41) is 0. The van der Waals surface area contributed by atoms with Crippen molar-refractivity contribution in [2.75, 3.05) is 7.11 Å². The average Bonchev–Trinajstić information content (AvgIpc) is 2.52. The van der Waals surface area contributed by atoms with Crippen LogP contribution in [0.25, 0.3) is 0 Å². The Hall–Kier alpha value is -2.02. The molecule has 0 saturated carbocycles. The summed E-state index contributed by atoms with van der Waals surface area (Å²) in [5.41, 5.74) is 8.31. The number of ether oxygens (including phenoxy) is 1. The van der Waals surface area contributed by atoms with E-state index in [-0.39, 0.29) is 0 Å². The van der Waals surface area contributed by atoms with Crippen molar-refractivity contribution in [2.24, 2.45) is 5.73 Å². The molecule has 110 valence electrons. The van der Waals surface area contributed by atoms with Gasteiger partial charge in [0.05, 0.1) is 18.4 Å². The van der Waals surface area contributed by atoms with Gasteiger partial charge in [0.25, 0.3) is 0 Å². The number of carbonyl (C=O) groups excluding carboxylic acids is 1. The number of hydroxylamine groups is 1. The van der Waals surface area contributed by atoms with E-state index in [1.54, 1.807) is 49.6 Å². The van der Waals surface area contributed by atoms with Gasteiger partial charge in [-0.1, -0.05) is 24.3 Å². The zero-order chi connectivity index (χ0) is 15.2. The highest BCUT2D eigenvalue weighted by Gasteiger charge is 2.14. The normalized spacial score (nSPS) is 10.0. The molecule has 21 heavy (non-hydrogen) atoms. The zero-order valence-corrected chi connectivity index (χ0v) is 13.0. The van der Waals surface area contributed by atoms with E-state index >= 15 is 0 Å². The Balaban J connectivity index is 1.95. The van der Waals surface area contributed by atoms with Crippen molar-refractivity contribution >= 4 is 21.9 Å². The van der Waals surface area contributed by atoms with Crippen molar-refractivity contribution in [3.8, 4) is 5.75 Å². The van der Waals surface area contributed by atoms with E-state index in [0.717, 1.165) is 11.3 Å². The number of nitrogens with two attached hydrogens (primary N) is 2. The van der Waals surface area contributed by atoms with E-state index < -0.39 is 5.97 Å². The van der Waals surface area contributed by atoms with Crippen molar-refractivity contribution in [2.45, 2.75) is 0 Å². The smallest absolute Gasteiger partial charge is 0.397 e. The molecule has 0 fully saturated rings. The first-order valence-electron chi connectivity index (χ1n) is 6.17. The number of rotatable bonds is 5. The third-order valence-electron chi connectivity index (χ3n) is 2.81. The van der Waals surface area contributed by atoms with Crippen LogP contribution >= 0.6 is 15.9 Å². The predicted octanol–water partition coefficient (Wildman–Crippen LogP) is 1.59. The van der Waals surface area contributed by atoms with Crippen molar-refractivity contribution in [3.05, 3.63) is 70.3 Å². The van der Waals surface area contributed by atoms with E-state index in [1.807, 2.05) is 6.07 Å². The second-order valence-electron chi connectivity index (χ2n) is 4.19. The number of benzene rings is 2. The summed E-state index contributed by atoms with van der Waals surface area (Å²) in [5.74, 6) is 0.260. The first-order chi connectivity index (χ1) is 10.1. The largest absolute Gasteiger partial charge is 0.499 e. The Morgan fingerprint density at radius 2 is 1.86 bits per heavy atom. The minimum absolute atomic E-state index is 0.359. The molecule has 6 heteroatoms. The minimum Gasteiger partial charge on any atom is -0.499 e. The van der Waals surface area contributed by atoms with Crippen molar-refractivity contribution in [1.29, 1.82) is 0 Å². The maximum atomic E-state index is 11.9. The molecule has 0 saturated heterocycles. The second kappa shape index (κ2) is 7.12. The van der Waals surface area contributed by atoms with Gasteiger partial charge in [-0.05, 0) is 28.1 Å². The Bertz CT molecular complexity index is 617. The predicted molar refractivity (Wildman–Crippen MR) is 81.0 cm³/mol. The van der Waals surface area contributed by atoms with E-state index in [2.05, 4.69) is 15.9 Å². The van der Waals surface area contributed by atoms with Gasteiger partial charge in [-0.3, -0.25) is 4.84 Å². The molecule has 0 spiro atoms. The van der Waals surface area contributed by atoms with Gasteiger partial charge in [0.2, 0.25) is 0 Å². The highest BCUT2D eigenvalue weighted by atomic mass is 79.9. The van der Waals surface area contributed by atoms with Crippen molar-refractivity contribution in [1.82, 2.24) is 0 Å². The Labute approximate surface area is 131 Å². The van der Waals surface area contributed by atoms with Gasteiger partial charge >= 0.3 is 5.97 Å². The van der Waals surface area contributed by atoms with Gasteiger partial charge in [-0.15, -0.1) is 5.56 Å². The van der Waals surface area contributed by atoms with Gasteiger partial charge in [0.15, 0.2) is 0 Å². The summed E-state index contributed by atoms with van der Waals surface area (Å²) in [4.78, 5) is 17.0. The molecular weight excluding hydrogens is 336 g/mol. The van der Waals surface area contributed by atoms with Crippen LogP contribution in [0.5, 0.6) is 5.75 Å². The first-order valence-corrected chi connectivity index (χ1v) is 6.96. The third-order valence-corrected chi connectivity index (χ3v) is 3.50. The minimum atomic E-state index is -0.473. The van der Waals surface area contributed by atoms with Gasteiger partial charge in [0, 0.05) is 4.47 Å². The zero-order valence-electron chi connectivity index (χ0n) is 11.4. The molecular formula is C15H15BrN2O3. The van der Waals surface area contributed by atoms with Crippen LogP contribution in [-0.4, -0.2) is 13.1 Å². The van der Waals surface area contributed by atoms with Crippen LogP contribution in [0.15, 0.2) is 53.0 Å². The van der Waals surface area contributed by atoms with E-state index in [4.69, 9.17) is 15.3 Å². The van der Waals surface area contributed by atoms with E-state index in [1.165, 1.54) is 5.48 Å². The SMILES string of the molecule is COc1ccc([C-](N)[NH2+]OC(=O)c2ccccc2Br)cc1. The highest BCUT2D eigenvalue weighted by molar-refractivity contribution is 9.10. The van der Waals surface area contributed by atoms with Crippen LogP contribution in [0.4, 0.5) is 0 Å². The summed E-state index contributed by atoms with van der Waals surface area (Å²) in [6, 6.07) is 14.2. The molecule has 0 radical (unpaired) electrons. The number of methoxy groups -OCH3 is 1. The summed E-state index contributed by atoms with van der Waals surface area (Å²) >= 11 is 3.30. The van der Waals surface area contributed by atoms with E-state index in [9.17, 15) is 4.79 Å². The Kier molecular flexibility index (Phi) is 5.21. The van der Waals surface area contributed by atoms with Gasteiger partial charge in [-0.25, -0.2) is 4.79 Å². The van der Waals surface area contributed by atoms with Gasteiger partial charge < -0.3 is 10.5 Å². The molecule has 2 aromatic rings. The highest BCUT2D eigenvalue weighted by Crippen LogP contribution is 2.16. The number of hydrogen-bond donors (Lipinski definition) is 2. The molecule has 0 aliphatic heterocycles. The molecule has 0 unspecified atom stereocenters. The van der Waals surface area contributed by atoms with E-state index in [0.29, 0.717) is 16.2 Å². The standard InChI is InChI=1S/C15H15BrN2O3/c1-20-11-8-6-10(7-9-11)14(17)18-21-15(19)12-4-2-3-5-13(12)16/h2-9H,17-18H2,1H3. The molecule has 0 heterocycles. The molecule has 0 aromatic heterocycles. The molecule has 5 nitrogen and oxygen atoms in total. The number of carbonyl (C=O) groups is 1. The fraction of sp³-hybridized carbons (Fsp3) is 0.0667. The first kappa shape index (κ1) is 15.4. The number of quaternary nitrogens is 1. The summed E-state index contributed by atoms with van der Waals surface area (Å²) in [6.45, 7) is 0. The quantitative estimate of drug-likeness (QED) is 0.634. The molecule has 4 N–H and O–H groups in total. The second-order valence-corrected chi connectivity index (χ2v) is 5.04. The fourth-order valence-electron chi connectivity index (χ4n) is 1.66. The lowest BCUT2D eigenvalue weighted by Crippen LogP contribution is -2.88. The molecule has 0 aliphatic carbocycles. The van der Waals surface area contributed by atoms with Crippen LogP contribution in [0.3, 0.4) is 0 Å². The lowest BCUT2D eigenvalue weighted by atomic mass is 10.2. The maximum Gasteiger partial charge on any atom is 0.397 e.